The maximum Gasteiger partial charge on any atom is 0.308 e. The van der Waals surface area contributed by atoms with Crippen molar-refractivity contribution in [1.82, 2.24) is 5.32 Å². The van der Waals surface area contributed by atoms with Crippen LogP contribution in [0.1, 0.15) is 23.7 Å². The second-order valence-corrected chi connectivity index (χ2v) is 3.70. The van der Waals surface area contributed by atoms with Crippen LogP contribution < -0.4 is 5.32 Å². The molecule has 0 aliphatic heterocycles. The molecule has 0 radical (unpaired) electrons. The van der Waals surface area contributed by atoms with Gasteiger partial charge in [-0.3, -0.25) is 9.59 Å². The number of carboxylic acids is 1. The van der Waals surface area contributed by atoms with E-state index >= 15 is 0 Å². The zero-order chi connectivity index (χ0) is 12.8. The van der Waals surface area contributed by atoms with Gasteiger partial charge in [0.1, 0.15) is 5.75 Å². The molecule has 0 aliphatic rings. The molecule has 1 rings (SSSR count). The van der Waals surface area contributed by atoms with Gasteiger partial charge < -0.3 is 15.5 Å². The van der Waals surface area contributed by atoms with Crippen molar-refractivity contribution in [3.8, 4) is 5.75 Å². The van der Waals surface area contributed by atoms with Crippen molar-refractivity contribution in [2.24, 2.45) is 5.92 Å². The first kappa shape index (κ1) is 13.0. The van der Waals surface area contributed by atoms with Crippen LogP contribution in [-0.4, -0.2) is 28.6 Å². The van der Waals surface area contributed by atoms with E-state index in [0.717, 1.165) is 0 Å². The number of nitrogens with one attached hydrogen (secondary N) is 1. The van der Waals surface area contributed by atoms with Crippen molar-refractivity contribution in [2.45, 2.75) is 13.3 Å². The Labute approximate surface area is 99.1 Å². The molecule has 1 unspecified atom stereocenters. The number of carbonyl (C=O) groups is 2. The molecule has 0 aliphatic carbocycles. The van der Waals surface area contributed by atoms with Crippen molar-refractivity contribution in [3.05, 3.63) is 29.8 Å². The van der Waals surface area contributed by atoms with Crippen LogP contribution in [0.5, 0.6) is 5.75 Å². The highest BCUT2D eigenvalue weighted by molar-refractivity contribution is 5.94. The standard InChI is InChI=1S/C12H15NO4/c1-2-8(12(16)17)7-13-11(15)9-3-5-10(14)6-4-9/h3-6,8,14H,2,7H2,1H3,(H,13,15)(H,16,17). The predicted molar refractivity (Wildman–Crippen MR) is 61.9 cm³/mol. The maximum absolute atomic E-state index is 11.6. The minimum atomic E-state index is -0.918. The van der Waals surface area contributed by atoms with Crippen LogP contribution in [0, 0.1) is 5.92 Å². The summed E-state index contributed by atoms with van der Waals surface area (Å²) < 4.78 is 0. The summed E-state index contributed by atoms with van der Waals surface area (Å²) in [5, 5.41) is 20.4. The predicted octanol–water partition coefficient (Wildman–Crippen LogP) is 1.23. The third kappa shape index (κ3) is 3.79. The third-order valence-electron chi connectivity index (χ3n) is 2.48. The zero-order valence-corrected chi connectivity index (χ0v) is 9.51. The van der Waals surface area contributed by atoms with Gasteiger partial charge in [-0.15, -0.1) is 0 Å². The van der Waals surface area contributed by atoms with Crippen molar-refractivity contribution >= 4 is 11.9 Å². The molecule has 0 fully saturated rings. The van der Waals surface area contributed by atoms with Crippen LogP contribution in [0.2, 0.25) is 0 Å². The highest BCUT2D eigenvalue weighted by Crippen LogP contribution is 2.09. The fourth-order valence-corrected chi connectivity index (χ4v) is 1.34. The number of hydrogen-bond donors (Lipinski definition) is 3. The van der Waals surface area contributed by atoms with E-state index in [4.69, 9.17) is 10.2 Å². The Hall–Kier alpha value is -2.04. The lowest BCUT2D eigenvalue weighted by molar-refractivity contribution is -0.141. The molecule has 0 saturated heterocycles. The van der Waals surface area contributed by atoms with Gasteiger partial charge in [0.2, 0.25) is 0 Å². The number of carboxylic acid groups (broad SMARTS) is 1. The average Bonchev–Trinajstić information content (AvgIpc) is 2.30. The molecule has 0 aromatic heterocycles. The van der Waals surface area contributed by atoms with Crippen molar-refractivity contribution < 1.29 is 19.8 Å². The van der Waals surface area contributed by atoms with E-state index in [9.17, 15) is 9.59 Å². The van der Waals surface area contributed by atoms with E-state index in [1.807, 2.05) is 0 Å². The third-order valence-corrected chi connectivity index (χ3v) is 2.48. The van der Waals surface area contributed by atoms with Crippen molar-refractivity contribution in [1.29, 1.82) is 0 Å². The number of phenolic OH excluding ortho intramolecular Hbond substituents is 1. The summed E-state index contributed by atoms with van der Waals surface area (Å²) in [6, 6.07) is 5.77. The van der Waals surface area contributed by atoms with Crippen LogP contribution in [0.15, 0.2) is 24.3 Å². The number of carbonyl (C=O) groups excluding carboxylic acids is 1. The molecule has 0 saturated carbocycles. The second kappa shape index (κ2) is 5.89. The average molecular weight is 237 g/mol. The molecule has 3 N–H and O–H groups in total. The Morgan fingerprint density at radius 3 is 2.35 bits per heavy atom. The van der Waals surface area contributed by atoms with E-state index < -0.39 is 11.9 Å². The summed E-state index contributed by atoms with van der Waals surface area (Å²) in [5.74, 6) is -1.75. The lowest BCUT2D eigenvalue weighted by Gasteiger charge is -2.10. The highest BCUT2D eigenvalue weighted by Gasteiger charge is 2.16. The first-order valence-corrected chi connectivity index (χ1v) is 5.34. The molecular formula is C12H15NO4. The Kier molecular flexibility index (Phi) is 4.51. The number of aromatic hydroxyl groups is 1. The Morgan fingerprint density at radius 2 is 1.88 bits per heavy atom. The van der Waals surface area contributed by atoms with E-state index in [0.29, 0.717) is 12.0 Å². The number of hydrogen-bond acceptors (Lipinski definition) is 3. The Morgan fingerprint density at radius 1 is 1.29 bits per heavy atom. The molecular weight excluding hydrogens is 222 g/mol. The summed E-state index contributed by atoms with van der Waals surface area (Å²) in [6.45, 7) is 1.86. The molecule has 1 aromatic carbocycles. The molecule has 17 heavy (non-hydrogen) atoms. The maximum atomic E-state index is 11.6. The van der Waals surface area contributed by atoms with Crippen LogP contribution >= 0.6 is 0 Å². The summed E-state index contributed by atoms with van der Waals surface area (Å²) in [6.07, 6.45) is 0.463. The normalized spacial score (nSPS) is 11.8. The lowest BCUT2D eigenvalue weighted by Crippen LogP contribution is -2.32. The molecule has 5 nitrogen and oxygen atoms in total. The number of amides is 1. The van der Waals surface area contributed by atoms with Crippen LogP contribution in [0.3, 0.4) is 0 Å². The summed E-state index contributed by atoms with van der Waals surface area (Å²) in [4.78, 5) is 22.4. The number of aliphatic carboxylic acids is 1. The molecule has 0 bridgehead atoms. The topological polar surface area (TPSA) is 86.6 Å². The molecule has 1 aromatic rings. The van der Waals surface area contributed by atoms with E-state index in [-0.39, 0.29) is 18.2 Å². The van der Waals surface area contributed by atoms with Gasteiger partial charge >= 0.3 is 5.97 Å². The first-order chi connectivity index (χ1) is 8.04. The first-order valence-electron chi connectivity index (χ1n) is 5.34. The quantitative estimate of drug-likeness (QED) is 0.719. The summed E-state index contributed by atoms with van der Waals surface area (Å²) in [5.41, 5.74) is 0.392. The van der Waals surface area contributed by atoms with E-state index in [2.05, 4.69) is 5.32 Å². The van der Waals surface area contributed by atoms with Gasteiger partial charge in [0, 0.05) is 12.1 Å². The number of benzene rings is 1. The smallest absolute Gasteiger partial charge is 0.308 e. The molecule has 92 valence electrons. The molecule has 0 heterocycles. The largest absolute Gasteiger partial charge is 0.508 e. The second-order valence-electron chi connectivity index (χ2n) is 3.70. The Balaban J connectivity index is 2.55. The molecule has 1 amide bonds. The Bertz CT molecular complexity index is 399. The van der Waals surface area contributed by atoms with Crippen LogP contribution in [0.25, 0.3) is 0 Å². The van der Waals surface area contributed by atoms with Crippen LogP contribution in [-0.2, 0) is 4.79 Å². The van der Waals surface area contributed by atoms with Gasteiger partial charge in [-0.2, -0.15) is 0 Å². The van der Waals surface area contributed by atoms with Gasteiger partial charge in [0.05, 0.1) is 5.92 Å². The van der Waals surface area contributed by atoms with Gasteiger partial charge in [0.25, 0.3) is 5.91 Å². The van der Waals surface area contributed by atoms with Gasteiger partial charge in [-0.25, -0.2) is 0 Å². The van der Waals surface area contributed by atoms with Crippen LogP contribution in [0.4, 0.5) is 0 Å². The fourth-order valence-electron chi connectivity index (χ4n) is 1.34. The van der Waals surface area contributed by atoms with Gasteiger partial charge in [0.15, 0.2) is 0 Å². The van der Waals surface area contributed by atoms with Gasteiger partial charge in [-0.05, 0) is 30.7 Å². The molecule has 5 heteroatoms. The molecule has 0 spiro atoms. The minimum absolute atomic E-state index is 0.0820. The van der Waals surface area contributed by atoms with E-state index in [1.54, 1.807) is 6.92 Å². The summed E-state index contributed by atoms with van der Waals surface area (Å²) >= 11 is 0. The van der Waals surface area contributed by atoms with Crippen molar-refractivity contribution in [3.63, 3.8) is 0 Å². The summed E-state index contributed by atoms with van der Waals surface area (Å²) in [7, 11) is 0. The lowest BCUT2D eigenvalue weighted by atomic mass is 10.1. The number of phenols is 1. The van der Waals surface area contributed by atoms with Gasteiger partial charge in [-0.1, -0.05) is 6.92 Å². The minimum Gasteiger partial charge on any atom is -0.508 e. The monoisotopic (exact) mass is 237 g/mol. The molecule has 1 atom stereocenters. The highest BCUT2D eigenvalue weighted by atomic mass is 16.4. The fraction of sp³-hybridized carbons (Fsp3) is 0.333. The number of rotatable bonds is 5. The van der Waals surface area contributed by atoms with E-state index in [1.165, 1.54) is 24.3 Å². The zero-order valence-electron chi connectivity index (χ0n) is 9.51. The van der Waals surface area contributed by atoms with Crippen molar-refractivity contribution in [2.75, 3.05) is 6.54 Å². The SMILES string of the molecule is CCC(CNC(=O)c1ccc(O)cc1)C(=O)O.